The van der Waals surface area contributed by atoms with Crippen LogP contribution >= 0.6 is 11.3 Å². The van der Waals surface area contributed by atoms with Crippen molar-refractivity contribution >= 4 is 40.0 Å². The molecule has 1 aromatic heterocycles. The van der Waals surface area contributed by atoms with Crippen LogP contribution in [0, 0.1) is 5.92 Å². The van der Waals surface area contributed by atoms with Crippen LogP contribution in [0.5, 0.6) is 0 Å². The smallest absolute Gasteiger partial charge is 0.246 e. The summed E-state index contributed by atoms with van der Waals surface area (Å²) in [6, 6.07) is 9.38. The normalized spacial score (nSPS) is 11.1. The lowest BCUT2D eigenvalue weighted by Gasteiger charge is -2.17. The lowest BCUT2D eigenvalue weighted by molar-refractivity contribution is -0.125. The Morgan fingerprint density at radius 3 is 2.52 bits per heavy atom. The Hall–Kier alpha value is -2.47. The second-order valence-corrected chi connectivity index (χ2v) is 7.03. The van der Waals surface area contributed by atoms with E-state index in [-0.39, 0.29) is 11.8 Å². The molecule has 6 heteroatoms. The molecule has 0 aliphatic carbocycles. The molecule has 2 aromatic rings. The van der Waals surface area contributed by atoms with Crippen LogP contribution in [0.3, 0.4) is 0 Å². The van der Waals surface area contributed by atoms with Crippen LogP contribution in [-0.2, 0) is 9.59 Å². The van der Waals surface area contributed by atoms with Gasteiger partial charge < -0.3 is 4.90 Å². The third-order valence-corrected chi connectivity index (χ3v) is 4.29. The zero-order chi connectivity index (χ0) is 18.4. The second kappa shape index (κ2) is 8.58. The second-order valence-electron chi connectivity index (χ2n) is 6.19. The lowest BCUT2D eigenvalue weighted by Crippen LogP contribution is -2.28. The fourth-order valence-electron chi connectivity index (χ4n) is 2.38. The highest BCUT2D eigenvalue weighted by molar-refractivity contribution is 7.14. The molecule has 25 heavy (non-hydrogen) atoms. The van der Waals surface area contributed by atoms with Gasteiger partial charge in [0, 0.05) is 32.0 Å². The first-order valence-electron chi connectivity index (χ1n) is 8.13. The number of rotatable bonds is 6. The molecule has 1 heterocycles. The molecule has 0 aliphatic rings. The van der Waals surface area contributed by atoms with E-state index in [1.807, 2.05) is 35.7 Å². The molecule has 2 rings (SSSR count). The lowest BCUT2D eigenvalue weighted by atomic mass is 10.2. The fourth-order valence-corrected chi connectivity index (χ4v) is 3.24. The zero-order valence-corrected chi connectivity index (χ0v) is 15.8. The van der Waals surface area contributed by atoms with Gasteiger partial charge in [-0.15, -0.1) is 11.3 Å². The van der Waals surface area contributed by atoms with Crippen molar-refractivity contribution in [3.8, 4) is 0 Å². The molecule has 2 amide bonds. The Morgan fingerprint density at radius 1 is 1.24 bits per heavy atom. The molecular formula is C19H23N3O2S. The van der Waals surface area contributed by atoms with Crippen molar-refractivity contribution in [1.29, 1.82) is 0 Å². The van der Waals surface area contributed by atoms with E-state index in [2.05, 4.69) is 18.8 Å². The van der Waals surface area contributed by atoms with Crippen LogP contribution in [0.4, 0.5) is 10.8 Å². The number of carbonyl (C=O) groups is 2. The summed E-state index contributed by atoms with van der Waals surface area (Å²) in [5.74, 6) is 0.252. The predicted octanol–water partition coefficient (Wildman–Crippen LogP) is 3.96. The zero-order valence-electron chi connectivity index (χ0n) is 15.0. The van der Waals surface area contributed by atoms with Crippen molar-refractivity contribution in [2.24, 2.45) is 5.92 Å². The first kappa shape index (κ1) is 18.9. The van der Waals surface area contributed by atoms with Crippen molar-refractivity contribution in [3.05, 3.63) is 47.5 Å². The van der Waals surface area contributed by atoms with E-state index in [9.17, 15) is 9.59 Å². The van der Waals surface area contributed by atoms with Crippen molar-refractivity contribution in [3.63, 3.8) is 0 Å². The molecule has 0 unspecified atom stereocenters. The van der Waals surface area contributed by atoms with E-state index in [4.69, 9.17) is 0 Å². The number of likely N-dealkylation sites (N-methyl/N-ethyl adjacent to an activating group) is 1. The summed E-state index contributed by atoms with van der Waals surface area (Å²) in [5.41, 5.74) is 1.43. The van der Waals surface area contributed by atoms with Gasteiger partial charge in [0.25, 0.3) is 0 Å². The number of thiazole rings is 1. The van der Waals surface area contributed by atoms with Gasteiger partial charge in [0.15, 0.2) is 5.13 Å². The number of nitrogens with zero attached hydrogens (tertiary/aromatic N) is 3. The van der Waals surface area contributed by atoms with Gasteiger partial charge in [0.1, 0.15) is 0 Å². The first-order valence-corrected chi connectivity index (χ1v) is 9.01. The van der Waals surface area contributed by atoms with Crippen LogP contribution in [0.2, 0.25) is 0 Å². The third-order valence-electron chi connectivity index (χ3n) is 3.44. The number of hydrogen-bond acceptors (Lipinski definition) is 4. The molecule has 0 saturated carbocycles. The van der Waals surface area contributed by atoms with E-state index in [1.54, 1.807) is 22.9 Å². The van der Waals surface area contributed by atoms with Gasteiger partial charge in [-0.1, -0.05) is 32.0 Å². The molecule has 0 saturated heterocycles. The molecule has 132 valence electrons. The minimum absolute atomic E-state index is 0.0604. The monoisotopic (exact) mass is 357 g/mol. The summed E-state index contributed by atoms with van der Waals surface area (Å²) in [7, 11) is 1.78. The number of benzene rings is 1. The fraction of sp³-hybridized carbons (Fsp3) is 0.316. The van der Waals surface area contributed by atoms with Crippen molar-refractivity contribution in [2.45, 2.75) is 20.8 Å². The van der Waals surface area contributed by atoms with E-state index in [1.165, 1.54) is 24.3 Å². The minimum Gasteiger partial charge on any atom is -0.342 e. The third kappa shape index (κ3) is 5.26. The largest absolute Gasteiger partial charge is 0.342 e. The number of para-hydroxylation sites is 1. The number of aromatic nitrogens is 1. The van der Waals surface area contributed by atoms with Gasteiger partial charge in [-0.25, -0.2) is 4.98 Å². The van der Waals surface area contributed by atoms with Crippen LogP contribution in [0.15, 0.2) is 41.8 Å². The molecule has 5 nitrogen and oxygen atoms in total. The standard InChI is InChI=1S/C19H23N3O2S/c1-14(2)12-21(4)18(24)11-10-16-13-25-19(20-16)22(15(3)23)17-8-6-5-7-9-17/h5-11,13-14H,12H2,1-4H3/b11-10+. The maximum atomic E-state index is 12.1. The van der Waals surface area contributed by atoms with Crippen LogP contribution in [0.1, 0.15) is 26.5 Å². The summed E-state index contributed by atoms with van der Waals surface area (Å²) >= 11 is 1.37. The molecule has 0 N–H and O–H groups in total. The molecule has 0 bridgehead atoms. The van der Waals surface area contributed by atoms with Gasteiger partial charge in [-0.3, -0.25) is 14.5 Å². The van der Waals surface area contributed by atoms with Gasteiger partial charge >= 0.3 is 0 Å². The topological polar surface area (TPSA) is 53.5 Å². The number of amides is 2. The maximum Gasteiger partial charge on any atom is 0.246 e. The molecular weight excluding hydrogens is 334 g/mol. The molecule has 0 spiro atoms. The Bertz CT molecular complexity index is 753. The molecule has 0 radical (unpaired) electrons. The molecule has 1 aromatic carbocycles. The molecule has 0 atom stereocenters. The van der Waals surface area contributed by atoms with E-state index >= 15 is 0 Å². The molecule has 0 fully saturated rings. The highest BCUT2D eigenvalue weighted by atomic mass is 32.1. The highest BCUT2D eigenvalue weighted by Crippen LogP contribution is 2.28. The Kier molecular flexibility index (Phi) is 6.47. The van der Waals surface area contributed by atoms with Crippen molar-refractivity contribution < 1.29 is 9.59 Å². The summed E-state index contributed by atoms with van der Waals surface area (Å²) < 4.78 is 0. The van der Waals surface area contributed by atoms with E-state index in [0.29, 0.717) is 23.3 Å². The molecule has 0 aliphatic heterocycles. The van der Waals surface area contributed by atoms with Crippen LogP contribution < -0.4 is 4.90 Å². The number of anilines is 2. The van der Waals surface area contributed by atoms with Crippen molar-refractivity contribution in [2.75, 3.05) is 18.5 Å². The summed E-state index contributed by atoms with van der Waals surface area (Å²) in [6.45, 7) is 6.35. The quantitative estimate of drug-likeness (QED) is 0.736. The van der Waals surface area contributed by atoms with Gasteiger partial charge in [0.2, 0.25) is 11.8 Å². The van der Waals surface area contributed by atoms with Crippen molar-refractivity contribution in [1.82, 2.24) is 9.88 Å². The number of hydrogen-bond donors (Lipinski definition) is 0. The summed E-state index contributed by atoms with van der Waals surface area (Å²) in [6.07, 6.45) is 3.20. The van der Waals surface area contributed by atoms with Crippen LogP contribution in [-0.4, -0.2) is 35.3 Å². The van der Waals surface area contributed by atoms with Crippen LogP contribution in [0.25, 0.3) is 6.08 Å². The van der Waals surface area contributed by atoms with E-state index in [0.717, 1.165) is 5.69 Å². The van der Waals surface area contributed by atoms with Gasteiger partial charge in [0.05, 0.1) is 11.4 Å². The number of carbonyl (C=O) groups excluding carboxylic acids is 2. The summed E-state index contributed by atoms with van der Waals surface area (Å²) in [4.78, 5) is 31.8. The Balaban J connectivity index is 2.14. The predicted molar refractivity (Wildman–Crippen MR) is 103 cm³/mol. The highest BCUT2D eigenvalue weighted by Gasteiger charge is 2.17. The first-order chi connectivity index (χ1) is 11.9. The van der Waals surface area contributed by atoms with Gasteiger partial charge in [-0.2, -0.15) is 0 Å². The average Bonchev–Trinajstić information content (AvgIpc) is 3.01. The van der Waals surface area contributed by atoms with Gasteiger partial charge in [-0.05, 0) is 24.1 Å². The SMILES string of the molecule is CC(=O)N(c1ccccc1)c1nc(/C=C/C(=O)N(C)CC(C)C)cs1. The average molecular weight is 357 g/mol. The maximum absolute atomic E-state index is 12.1. The van der Waals surface area contributed by atoms with E-state index < -0.39 is 0 Å². The minimum atomic E-state index is -0.108. The Labute approximate surface area is 152 Å². The summed E-state index contributed by atoms with van der Waals surface area (Å²) in [5, 5.41) is 2.42. The Morgan fingerprint density at radius 2 is 1.92 bits per heavy atom.